The maximum atomic E-state index is 12.1. The van der Waals surface area contributed by atoms with Gasteiger partial charge in [-0.15, -0.1) is 15.3 Å². The van der Waals surface area contributed by atoms with Crippen LogP contribution in [0.5, 0.6) is 0 Å². The second-order valence-corrected chi connectivity index (χ2v) is 7.52. The van der Waals surface area contributed by atoms with Crippen molar-refractivity contribution in [1.82, 2.24) is 34.4 Å². The average Bonchev–Trinajstić information content (AvgIpc) is 3.41. The van der Waals surface area contributed by atoms with Gasteiger partial charge in [0.15, 0.2) is 11.5 Å². The van der Waals surface area contributed by atoms with E-state index < -0.39 is 11.9 Å². The Kier molecular flexibility index (Phi) is 5.18. The lowest BCUT2D eigenvalue weighted by Crippen LogP contribution is -2.49. The number of aliphatic hydroxyl groups excluding tert-OH is 1. The molecule has 11 heteroatoms. The molecular formula is C20H22N8O3. The van der Waals surface area contributed by atoms with Crippen LogP contribution in [0.2, 0.25) is 0 Å². The Hall–Kier alpha value is -3.57. The molecule has 0 saturated carbocycles. The van der Waals surface area contributed by atoms with Gasteiger partial charge in [-0.3, -0.25) is 14.0 Å². The molecule has 1 unspecified atom stereocenters. The van der Waals surface area contributed by atoms with E-state index in [4.69, 9.17) is 4.52 Å². The fraction of sp³-hybridized carbons (Fsp3) is 0.350. The molecule has 0 amide bonds. The van der Waals surface area contributed by atoms with Gasteiger partial charge in [0.05, 0.1) is 12.6 Å². The van der Waals surface area contributed by atoms with Crippen LogP contribution in [0.3, 0.4) is 0 Å². The van der Waals surface area contributed by atoms with Crippen molar-refractivity contribution in [3.8, 4) is 11.4 Å². The third kappa shape index (κ3) is 4.05. The van der Waals surface area contributed by atoms with Crippen LogP contribution in [-0.2, 0) is 6.54 Å². The summed E-state index contributed by atoms with van der Waals surface area (Å²) in [5.41, 5.74) is 1.48. The average molecular weight is 422 g/mol. The van der Waals surface area contributed by atoms with Crippen LogP contribution in [0.1, 0.15) is 0 Å². The molecule has 3 aromatic heterocycles. The summed E-state index contributed by atoms with van der Waals surface area (Å²) in [6.45, 7) is 3.72. The summed E-state index contributed by atoms with van der Waals surface area (Å²) in [6.07, 6.45) is 0.861. The molecule has 1 N–H and O–H groups in total. The monoisotopic (exact) mass is 422 g/mol. The van der Waals surface area contributed by atoms with E-state index in [2.05, 4.69) is 30.3 Å². The lowest BCUT2D eigenvalue weighted by molar-refractivity contribution is 0.0935. The molecule has 0 bridgehead atoms. The minimum absolute atomic E-state index is 0.124. The molecule has 0 radical (unpaired) electrons. The highest BCUT2D eigenvalue weighted by atomic mass is 16.5. The Labute approximate surface area is 177 Å². The Morgan fingerprint density at radius 1 is 1.03 bits per heavy atom. The van der Waals surface area contributed by atoms with Crippen LogP contribution in [0, 0.1) is 0 Å². The molecule has 160 valence electrons. The zero-order valence-electron chi connectivity index (χ0n) is 16.8. The first-order valence-electron chi connectivity index (χ1n) is 10.1. The standard InChI is InChI=1S/C20H22N8O3/c29-16(13-27-19(24-31-20(27)30)15-4-2-1-3-5-15)12-25-8-10-26(11-9-25)18-7-6-17-22-21-14-28(17)23-18/h1-7,14,16,29H,8-13H2. The van der Waals surface area contributed by atoms with E-state index in [0.717, 1.165) is 37.6 Å². The summed E-state index contributed by atoms with van der Waals surface area (Å²) in [5, 5.41) is 26.9. The van der Waals surface area contributed by atoms with Gasteiger partial charge in [-0.2, -0.15) is 4.52 Å². The van der Waals surface area contributed by atoms with Crippen molar-refractivity contribution in [2.24, 2.45) is 0 Å². The number of hydrogen-bond acceptors (Lipinski definition) is 9. The quantitative estimate of drug-likeness (QED) is 0.462. The normalized spacial score (nSPS) is 16.1. The van der Waals surface area contributed by atoms with E-state index >= 15 is 0 Å². The highest BCUT2D eigenvalue weighted by Crippen LogP contribution is 2.17. The number of nitrogens with zero attached hydrogens (tertiary/aromatic N) is 8. The smallest absolute Gasteiger partial charge is 0.390 e. The highest BCUT2D eigenvalue weighted by Gasteiger charge is 2.22. The minimum atomic E-state index is -0.724. The molecular weight excluding hydrogens is 400 g/mol. The van der Waals surface area contributed by atoms with Gasteiger partial charge in [-0.05, 0) is 12.1 Å². The second-order valence-electron chi connectivity index (χ2n) is 7.52. The molecule has 1 aliphatic rings. The van der Waals surface area contributed by atoms with Crippen LogP contribution in [-0.4, -0.2) is 78.4 Å². The number of aromatic nitrogens is 6. The van der Waals surface area contributed by atoms with Gasteiger partial charge in [0.2, 0.25) is 0 Å². The van der Waals surface area contributed by atoms with Gasteiger partial charge in [-0.25, -0.2) is 4.79 Å². The van der Waals surface area contributed by atoms with Gasteiger partial charge in [0.25, 0.3) is 0 Å². The molecule has 1 aromatic carbocycles. The van der Waals surface area contributed by atoms with Crippen LogP contribution in [0.25, 0.3) is 17.0 Å². The second kappa shape index (κ2) is 8.28. The van der Waals surface area contributed by atoms with Gasteiger partial charge >= 0.3 is 5.76 Å². The number of hydrogen-bond donors (Lipinski definition) is 1. The summed E-state index contributed by atoms with van der Waals surface area (Å²) in [6, 6.07) is 13.2. The predicted molar refractivity (Wildman–Crippen MR) is 112 cm³/mol. The van der Waals surface area contributed by atoms with Gasteiger partial charge < -0.3 is 10.0 Å². The lowest BCUT2D eigenvalue weighted by atomic mass is 10.2. The molecule has 1 saturated heterocycles. The maximum Gasteiger partial charge on any atom is 0.441 e. The Morgan fingerprint density at radius 3 is 2.65 bits per heavy atom. The van der Waals surface area contributed by atoms with Crippen molar-refractivity contribution >= 4 is 11.5 Å². The third-order valence-electron chi connectivity index (χ3n) is 5.42. The first-order valence-corrected chi connectivity index (χ1v) is 10.1. The largest absolute Gasteiger partial charge is 0.441 e. The van der Waals surface area contributed by atoms with Crippen LogP contribution < -0.4 is 10.7 Å². The number of rotatable bonds is 6. The zero-order valence-corrected chi connectivity index (χ0v) is 16.8. The summed E-state index contributed by atoms with van der Waals surface area (Å²) >= 11 is 0. The zero-order chi connectivity index (χ0) is 21.2. The Bertz CT molecular complexity index is 1210. The first-order chi connectivity index (χ1) is 15.2. The summed E-state index contributed by atoms with van der Waals surface area (Å²) in [7, 11) is 0. The molecule has 4 heterocycles. The van der Waals surface area contributed by atoms with E-state index in [1.54, 1.807) is 10.8 Å². The van der Waals surface area contributed by atoms with Crippen molar-refractivity contribution in [1.29, 1.82) is 0 Å². The van der Waals surface area contributed by atoms with Gasteiger partial charge in [-0.1, -0.05) is 35.5 Å². The van der Waals surface area contributed by atoms with Gasteiger partial charge in [0.1, 0.15) is 12.1 Å². The van der Waals surface area contributed by atoms with E-state index in [0.29, 0.717) is 18.0 Å². The van der Waals surface area contributed by atoms with Crippen molar-refractivity contribution in [2.75, 3.05) is 37.6 Å². The van der Waals surface area contributed by atoms with E-state index in [-0.39, 0.29) is 6.54 Å². The van der Waals surface area contributed by atoms with Crippen LogP contribution in [0.4, 0.5) is 5.82 Å². The van der Waals surface area contributed by atoms with Crippen molar-refractivity contribution < 1.29 is 9.63 Å². The third-order valence-corrected chi connectivity index (χ3v) is 5.42. The van der Waals surface area contributed by atoms with Crippen molar-refractivity contribution in [3.05, 3.63) is 59.3 Å². The Morgan fingerprint density at radius 2 is 1.84 bits per heavy atom. The Balaban J connectivity index is 1.19. The fourth-order valence-electron chi connectivity index (χ4n) is 3.84. The number of aliphatic hydroxyl groups is 1. The van der Waals surface area contributed by atoms with E-state index in [9.17, 15) is 9.90 Å². The van der Waals surface area contributed by atoms with Crippen LogP contribution in [0.15, 0.2) is 58.1 Å². The summed E-state index contributed by atoms with van der Waals surface area (Å²) in [5.74, 6) is 0.721. The number of benzene rings is 1. The first kappa shape index (κ1) is 19.4. The van der Waals surface area contributed by atoms with Crippen molar-refractivity contribution in [2.45, 2.75) is 12.6 Å². The van der Waals surface area contributed by atoms with Crippen molar-refractivity contribution in [3.63, 3.8) is 0 Å². The SMILES string of the molecule is O=c1onc(-c2ccccc2)n1CC(O)CN1CCN(c2ccc3nncn3n2)CC1. The minimum Gasteiger partial charge on any atom is -0.390 e. The van der Waals surface area contributed by atoms with Crippen LogP contribution >= 0.6 is 0 Å². The topological polar surface area (TPSA) is 118 Å². The number of fused-ring (bicyclic) bond motifs is 1. The van der Waals surface area contributed by atoms with E-state index in [1.165, 1.54) is 4.57 Å². The molecule has 1 fully saturated rings. The molecule has 1 atom stereocenters. The maximum absolute atomic E-state index is 12.1. The number of piperazine rings is 1. The number of anilines is 1. The molecule has 0 spiro atoms. The summed E-state index contributed by atoms with van der Waals surface area (Å²) < 4.78 is 7.88. The van der Waals surface area contributed by atoms with E-state index in [1.807, 2.05) is 42.5 Å². The van der Waals surface area contributed by atoms with Gasteiger partial charge in [0, 0.05) is 38.3 Å². The molecule has 5 rings (SSSR count). The molecule has 31 heavy (non-hydrogen) atoms. The lowest BCUT2D eigenvalue weighted by Gasteiger charge is -2.36. The summed E-state index contributed by atoms with van der Waals surface area (Å²) in [4.78, 5) is 16.5. The fourth-order valence-corrected chi connectivity index (χ4v) is 3.84. The molecule has 11 nitrogen and oxygen atoms in total. The molecule has 1 aliphatic heterocycles. The molecule has 0 aliphatic carbocycles. The predicted octanol–water partition coefficient (Wildman–Crippen LogP) is 0.124. The molecule has 4 aromatic rings. The highest BCUT2D eigenvalue weighted by molar-refractivity contribution is 5.54. The number of β-amino-alcohol motifs (C(OH)–C–C–N with tert-alkyl or cyclic N) is 1.